The van der Waals surface area contributed by atoms with Crippen LogP contribution in [-0.2, 0) is 24.2 Å². The molecule has 7 nitrogen and oxygen atoms in total. The minimum Gasteiger partial charge on any atom is -0.383 e. The van der Waals surface area contributed by atoms with E-state index in [4.69, 9.17) is 4.74 Å². The van der Waals surface area contributed by atoms with Crippen LogP contribution in [0.4, 0.5) is 0 Å². The lowest BCUT2D eigenvalue weighted by atomic mass is 9.96. The maximum atomic E-state index is 13.5. The highest BCUT2D eigenvalue weighted by molar-refractivity contribution is 5.99. The smallest absolute Gasteiger partial charge is 0.259 e. The molecule has 0 atom stereocenters. The minimum absolute atomic E-state index is 0.0291. The molecule has 2 aliphatic rings. The van der Waals surface area contributed by atoms with E-state index in [2.05, 4.69) is 11.4 Å². The summed E-state index contributed by atoms with van der Waals surface area (Å²) in [5.41, 5.74) is 1.90. The number of hydrogen-bond acceptors (Lipinski definition) is 4. The molecule has 0 spiro atoms. The number of carbonyl (C=O) groups excluding carboxylic acids is 2. The Morgan fingerprint density at radius 2 is 1.68 bits per heavy atom. The first-order valence-corrected chi connectivity index (χ1v) is 12.5. The molecule has 1 aromatic heterocycles. The molecule has 2 aromatic rings. The average molecular weight is 466 g/mol. The first-order valence-electron chi connectivity index (χ1n) is 12.5. The third-order valence-electron chi connectivity index (χ3n) is 6.97. The lowest BCUT2D eigenvalue weighted by molar-refractivity contribution is 0.0732. The van der Waals surface area contributed by atoms with Gasteiger partial charge in [-0.25, -0.2) is 0 Å². The number of pyridine rings is 1. The number of methoxy groups -OCH3 is 1. The van der Waals surface area contributed by atoms with E-state index in [-0.39, 0.29) is 29.0 Å². The van der Waals surface area contributed by atoms with E-state index in [1.165, 1.54) is 24.8 Å². The SMILES string of the molecule is COCCn1cc(C(=O)NC2CCCCCCC2)c(=O)c(C(=O)N2CCc3ccccc3C2)c1. The molecule has 1 fully saturated rings. The lowest BCUT2D eigenvalue weighted by Gasteiger charge is -2.29. The Labute approximate surface area is 201 Å². The van der Waals surface area contributed by atoms with Gasteiger partial charge < -0.3 is 19.5 Å². The molecule has 1 aromatic carbocycles. The van der Waals surface area contributed by atoms with Crippen LogP contribution in [-0.4, -0.2) is 47.6 Å². The number of fused-ring (bicyclic) bond motifs is 1. The van der Waals surface area contributed by atoms with Gasteiger partial charge in [0.05, 0.1) is 6.61 Å². The Bertz CT molecular complexity index is 1070. The molecule has 0 unspecified atom stereocenters. The monoisotopic (exact) mass is 465 g/mol. The summed E-state index contributed by atoms with van der Waals surface area (Å²) in [6.07, 6.45) is 11.5. The topological polar surface area (TPSA) is 80.6 Å². The zero-order chi connectivity index (χ0) is 23.9. The second-order valence-corrected chi connectivity index (χ2v) is 9.41. The quantitative estimate of drug-likeness (QED) is 0.708. The van der Waals surface area contributed by atoms with Crippen LogP contribution in [0.15, 0.2) is 41.5 Å². The van der Waals surface area contributed by atoms with Crippen molar-refractivity contribution in [2.45, 2.75) is 70.5 Å². The van der Waals surface area contributed by atoms with Gasteiger partial charge in [0, 0.05) is 45.2 Å². The second-order valence-electron chi connectivity index (χ2n) is 9.41. The Balaban J connectivity index is 1.59. The van der Waals surface area contributed by atoms with Crippen molar-refractivity contribution < 1.29 is 14.3 Å². The van der Waals surface area contributed by atoms with Crippen molar-refractivity contribution in [3.05, 3.63) is 69.1 Å². The highest BCUT2D eigenvalue weighted by Gasteiger charge is 2.27. The van der Waals surface area contributed by atoms with Crippen molar-refractivity contribution >= 4 is 11.8 Å². The molecule has 0 saturated heterocycles. The molecule has 7 heteroatoms. The summed E-state index contributed by atoms with van der Waals surface area (Å²) < 4.78 is 6.91. The average Bonchev–Trinajstić information content (AvgIpc) is 2.84. The van der Waals surface area contributed by atoms with E-state index in [1.54, 1.807) is 29.0 Å². The summed E-state index contributed by atoms with van der Waals surface area (Å²) in [6, 6.07) is 8.13. The summed E-state index contributed by atoms with van der Waals surface area (Å²) in [7, 11) is 1.60. The first kappa shape index (κ1) is 24.2. The normalized spacial score (nSPS) is 16.9. The van der Waals surface area contributed by atoms with Crippen molar-refractivity contribution in [1.82, 2.24) is 14.8 Å². The van der Waals surface area contributed by atoms with Gasteiger partial charge >= 0.3 is 0 Å². The van der Waals surface area contributed by atoms with Gasteiger partial charge in [-0.3, -0.25) is 14.4 Å². The predicted octanol–water partition coefficient (Wildman–Crippen LogP) is 3.54. The highest BCUT2D eigenvalue weighted by Crippen LogP contribution is 2.20. The molecule has 1 saturated carbocycles. The number of ether oxygens (including phenoxy) is 1. The molecule has 1 aliphatic heterocycles. The zero-order valence-corrected chi connectivity index (χ0v) is 20.1. The van der Waals surface area contributed by atoms with Crippen LogP contribution in [0, 0.1) is 0 Å². The van der Waals surface area contributed by atoms with Gasteiger partial charge in [-0.15, -0.1) is 0 Å². The summed E-state index contributed by atoms with van der Waals surface area (Å²) in [5, 5.41) is 3.08. The van der Waals surface area contributed by atoms with E-state index >= 15 is 0 Å². The van der Waals surface area contributed by atoms with Gasteiger partial charge in [0.15, 0.2) is 0 Å². The number of nitrogens with zero attached hydrogens (tertiary/aromatic N) is 2. The van der Waals surface area contributed by atoms with Crippen molar-refractivity contribution in [3.8, 4) is 0 Å². The third-order valence-corrected chi connectivity index (χ3v) is 6.97. The molecule has 1 N–H and O–H groups in total. The van der Waals surface area contributed by atoms with Gasteiger partial charge in [0.2, 0.25) is 5.43 Å². The molecule has 1 aliphatic carbocycles. The number of amides is 2. The number of aromatic nitrogens is 1. The minimum atomic E-state index is -0.499. The van der Waals surface area contributed by atoms with Crippen molar-refractivity contribution in [2.75, 3.05) is 20.3 Å². The molecule has 0 radical (unpaired) electrons. The maximum absolute atomic E-state index is 13.5. The van der Waals surface area contributed by atoms with E-state index in [9.17, 15) is 14.4 Å². The van der Waals surface area contributed by atoms with Crippen LogP contribution < -0.4 is 10.7 Å². The fourth-order valence-corrected chi connectivity index (χ4v) is 4.97. The van der Waals surface area contributed by atoms with Gasteiger partial charge in [-0.1, -0.05) is 56.4 Å². The van der Waals surface area contributed by atoms with Crippen LogP contribution in [0.25, 0.3) is 0 Å². The van der Waals surface area contributed by atoms with Crippen molar-refractivity contribution in [3.63, 3.8) is 0 Å². The van der Waals surface area contributed by atoms with Crippen LogP contribution in [0.5, 0.6) is 0 Å². The second kappa shape index (κ2) is 11.5. The molecule has 4 rings (SSSR count). The third kappa shape index (κ3) is 5.76. The van der Waals surface area contributed by atoms with Crippen LogP contribution >= 0.6 is 0 Å². The zero-order valence-electron chi connectivity index (χ0n) is 20.1. The van der Waals surface area contributed by atoms with Crippen molar-refractivity contribution in [1.29, 1.82) is 0 Å². The Morgan fingerprint density at radius 1 is 1.00 bits per heavy atom. The summed E-state index contributed by atoms with van der Waals surface area (Å²) in [4.78, 5) is 41.7. The van der Waals surface area contributed by atoms with Crippen LogP contribution in [0.3, 0.4) is 0 Å². The van der Waals surface area contributed by atoms with E-state index in [0.29, 0.717) is 26.2 Å². The molecule has 2 heterocycles. The van der Waals surface area contributed by atoms with E-state index in [0.717, 1.165) is 37.7 Å². The standard InChI is InChI=1S/C27H35N3O4/c1-34-16-15-29-18-23(26(32)28-22-11-5-3-2-4-6-12-22)25(31)24(19-29)27(33)30-14-13-20-9-7-8-10-21(20)17-30/h7-10,18-19,22H,2-6,11-17H2,1H3,(H,28,32). The van der Waals surface area contributed by atoms with Gasteiger partial charge in [0.25, 0.3) is 11.8 Å². The number of carbonyl (C=O) groups is 2. The van der Waals surface area contributed by atoms with Gasteiger partial charge in [-0.2, -0.15) is 0 Å². The number of hydrogen-bond donors (Lipinski definition) is 1. The Kier molecular flexibility index (Phi) is 8.16. The Hall–Kier alpha value is -2.93. The molecule has 2 amide bonds. The molecule has 182 valence electrons. The van der Waals surface area contributed by atoms with Crippen LogP contribution in [0.1, 0.15) is 76.8 Å². The van der Waals surface area contributed by atoms with Crippen LogP contribution in [0.2, 0.25) is 0 Å². The largest absolute Gasteiger partial charge is 0.383 e. The van der Waals surface area contributed by atoms with E-state index < -0.39 is 5.43 Å². The number of rotatable bonds is 6. The maximum Gasteiger partial charge on any atom is 0.259 e. The van der Waals surface area contributed by atoms with Crippen molar-refractivity contribution in [2.24, 2.45) is 0 Å². The molecular formula is C27H35N3O4. The molecule has 34 heavy (non-hydrogen) atoms. The van der Waals surface area contributed by atoms with Gasteiger partial charge in [-0.05, 0) is 30.4 Å². The summed E-state index contributed by atoms with van der Waals surface area (Å²) >= 11 is 0. The molecular weight excluding hydrogens is 430 g/mol. The lowest BCUT2D eigenvalue weighted by Crippen LogP contribution is -2.42. The Morgan fingerprint density at radius 3 is 2.41 bits per heavy atom. The fourth-order valence-electron chi connectivity index (χ4n) is 4.97. The van der Waals surface area contributed by atoms with E-state index in [1.807, 2.05) is 18.2 Å². The molecule has 0 bridgehead atoms. The highest BCUT2D eigenvalue weighted by atomic mass is 16.5. The summed E-state index contributed by atoms with van der Waals surface area (Å²) in [6.45, 7) is 1.87. The number of nitrogens with one attached hydrogen (secondary N) is 1. The summed E-state index contributed by atoms with van der Waals surface area (Å²) in [5.74, 6) is -0.716. The first-order chi connectivity index (χ1) is 16.6. The van der Waals surface area contributed by atoms with Gasteiger partial charge in [0.1, 0.15) is 11.1 Å². The fraction of sp³-hybridized carbons (Fsp3) is 0.519. The predicted molar refractivity (Wildman–Crippen MR) is 131 cm³/mol. The number of benzene rings is 1.